The lowest BCUT2D eigenvalue weighted by molar-refractivity contribution is -0.935. The Labute approximate surface area is 257 Å². The highest BCUT2D eigenvalue weighted by atomic mass is 32.2. The molecular formula is C14H15F20N2O10PS2+2. The summed E-state index contributed by atoms with van der Waals surface area (Å²) in [6.45, 7) is -8.95. The van der Waals surface area contributed by atoms with E-state index in [1.165, 1.54) is 0 Å². The first kappa shape index (κ1) is 47.5. The molecule has 0 saturated heterocycles. The van der Waals surface area contributed by atoms with Crippen LogP contribution in [0.2, 0.25) is 0 Å². The molecule has 0 bridgehead atoms. The summed E-state index contributed by atoms with van der Waals surface area (Å²) in [5.74, 6) is -31.4. The minimum Gasteiger partial charge on any atom is -0.299 e. The van der Waals surface area contributed by atoms with E-state index in [-0.39, 0.29) is 0 Å². The third-order valence-electron chi connectivity index (χ3n) is 5.32. The zero-order valence-electron chi connectivity index (χ0n) is 22.7. The number of alkyl halides is 18. The molecule has 0 aliphatic rings. The van der Waals surface area contributed by atoms with Gasteiger partial charge in [-0.05, 0) is 8.22 Å². The minimum atomic E-state index is -7.88. The van der Waals surface area contributed by atoms with E-state index >= 15 is 0 Å². The number of quaternary nitrogens is 2. The molecule has 1 N–H and O–H groups in total. The van der Waals surface area contributed by atoms with Crippen LogP contribution < -0.4 is 0 Å². The predicted octanol–water partition coefficient (Wildman–Crippen LogP) is 5.16. The molecule has 2 atom stereocenters. The molecule has 0 amide bonds. The number of nitrogens with zero attached hydrogens (tertiary/aromatic N) is 2. The first-order valence-corrected chi connectivity index (χ1v) is 15.2. The van der Waals surface area contributed by atoms with Gasteiger partial charge in [-0.25, -0.2) is 14.3 Å². The maximum Gasteiger partial charge on any atom is 0.526 e. The van der Waals surface area contributed by atoms with Gasteiger partial charge in [0.05, 0.1) is 0 Å². The van der Waals surface area contributed by atoms with Gasteiger partial charge in [-0.3, -0.25) is 4.89 Å². The number of rotatable bonds is 18. The van der Waals surface area contributed by atoms with E-state index in [0.717, 1.165) is 0 Å². The topological polar surface area (TPSA) is 142 Å². The molecule has 0 aliphatic carbocycles. The number of hydrogen-bond donors (Lipinski definition) is 1. The SMILES string of the molecule is C[N+](F)(CCOOP(=O)(O)OOCC[N+](C)(F)S(=O)(=O)C(F)(F)C(F)(F)C(F)(F)C(F)(F)F)S(=O)(=O)C(F)(F)C(F)(F)C(F)(F)C(F)(F)F. The van der Waals surface area contributed by atoms with Gasteiger partial charge in [-0.2, -0.15) is 95.9 Å². The maximum absolute atomic E-state index is 14.3. The third kappa shape index (κ3) is 8.10. The molecule has 0 aliphatic heterocycles. The summed E-state index contributed by atoms with van der Waals surface area (Å²) in [7, 11) is -23.2. The van der Waals surface area contributed by atoms with Gasteiger partial charge in [0.2, 0.25) is 0 Å². The Hall–Kier alpha value is -1.55. The average molecular weight is 846 g/mol. The zero-order valence-corrected chi connectivity index (χ0v) is 25.2. The Morgan fingerprint density at radius 1 is 0.531 bits per heavy atom. The van der Waals surface area contributed by atoms with Crippen LogP contribution in [0.4, 0.5) is 88.0 Å². The van der Waals surface area contributed by atoms with Crippen LogP contribution in [0.5, 0.6) is 0 Å². The van der Waals surface area contributed by atoms with Crippen molar-refractivity contribution in [3.63, 3.8) is 0 Å². The fraction of sp³-hybridized carbons (Fsp3) is 1.00. The number of halogens is 20. The molecule has 0 radical (unpaired) electrons. The van der Waals surface area contributed by atoms with Gasteiger partial charge in [0, 0.05) is 8.96 Å². The van der Waals surface area contributed by atoms with Crippen molar-refractivity contribution in [1.29, 1.82) is 0 Å². The van der Waals surface area contributed by atoms with Crippen LogP contribution in [-0.2, 0) is 43.7 Å². The van der Waals surface area contributed by atoms with E-state index in [4.69, 9.17) is 4.89 Å². The molecule has 49 heavy (non-hydrogen) atoms. The minimum absolute atomic E-state index is 0.698. The Bertz CT molecular complexity index is 1340. The van der Waals surface area contributed by atoms with Crippen molar-refractivity contribution in [2.24, 2.45) is 0 Å². The summed E-state index contributed by atoms with van der Waals surface area (Å²) in [4.78, 5) is 16.2. The molecule has 296 valence electrons. The largest absolute Gasteiger partial charge is 0.526 e. The van der Waals surface area contributed by atoms with Gasteiger partial charge in [0.1, 0.15) is 27.3 Å². The van der Waals surface area contributed by atoms with Crippen molar-refractivity contribution in [2.75, 3.05) is 40.4 Å². The molecule has 0 aromatic heterocycles. The quantitative estimate of drug-likeness (QED) is 0.0492. The highest BCUT2D eigenvalue weighted by Crippen LogP contribution is 2.57. The predicted molar refractivity (Wildman–Crippen MR) is 108 cm³/mol. The van der Waals surface area contributed by atoms with Crippen LogP contribution in [0.25, 0.3) is 0 Å². The van der Waals surface area contributed by atoms with E-state index < -0.39 is 123 Å². The molecule has 2 unspecified atom stereocenters. The van der Waals surface area contributed by atoms with Crippen LogP contribution in [0.15, 0.2) is 0 Å². The number of likely N-dealkylation sites (N-methyl/N-ethyl adjacent to an activating group) is 2. The second-order valence-corrected chi connectivity index (χ2v) is 14.6. The van der Waals surface area contributed by atoms with Crippen LogP contribution >= 0.6 is 7.82 Å². The third-order valence-corrected chi connectivity index (χ3v) is 10.1. The van der Waals surface area contributed by atoms with Crippen molar-refractivity contribution >= 4 is 27.9 Å². The van der Waals surface area contributed by atoms with Crippen LogP contribution in [0.3, 0.4) is 0 Å². The molecule has 0 heterocycles. The van der Waals surface area contributed by atoms with E-state index in [1.54, 1.807) is 0 Å². The van der Waals surface area contributed by atoms with Crippen molar-refractivity contribution in [1.82, 2.24) is 0 Å². The summed E-state index contributed by atoms with van der Waals surface area (Å²) >= 11 is 0. The Morgan fingerprint density at radius 3 is 0.959 bits per heavy atom. The number of hydrogen-bond acceptors (Lipinski definition) is 9. The zero-order chi connectivity index (χ0) is 40.2. The van der Waals surface area contributed by atoms with Gasteiger partial charge in [-0.1, -0.05) is 0 Å². The monoisotopic (exact) mass is 846 g/mol. The summed E-state index contributed by atoms with van der Waals surface area (Å²) in [5.41, 5.74) is 0. The maximum atomic E-state index is 14.3. The smallest absolute Gasteiger partial charge is 0.299 e. The summed E-state index contributed by atoms with van der Waals surface area (Å²) < 4.78 is 318. The van der Waals surface area contributed by atoms with E-state index in [9.17, 15) is 109 Å². The highest BCUT2D eigenvalue weighted by Gasteiger charge is 2.89. The summed E-state index contributed by atoms with van der Waals surface area (Å²) in [6.07, 6.45) is -15.1. The second kappa shape index (κ2) is 13.5. The Balaban J connectivity index is 5.52. The van der Waals surface area contributed by atoms with Crippen molar-refractivity contribution in [2.45, 2.75) is 46.6 Å². The Morgan fingerprint density at radius 2 is 0.755 bits per heavy atom. The van der Waals surface area contributed by atoms with E-state index in [0.29, 0.717) is 0 Å². The van der Waals surface area contributed by atoms with Gasteiger partial charge < -0.3 is 0 Å². The Kier molecular flexibility index (Phi) is 13.0. The molecule has 35 heteroatoms. The lowest BCUT2D eigenvalue weighted by Crippen LogP contribution is -2.67. The van der Waals surface area contributed by atoms with Crippen molar-refractivity contribution in [3.05, 3.63) is 0 Å². The van der Waals surface area contributed by atoms with Crippen molar-refractivity contribution in [3.8, 4) is 0 Å². The fourth-order valence-corrected chi connectivity index (χ4v) is 5.32. The van der Waals surface area contributed by atoms with Crippen molar-refractivity contribution < 1.29 is 142 Å². The molecule has 0 fully saturated rings. The first-order valence-electron chi connectivity index (χ1n) is 10.9. The average Bonchev–Trinajstić information content (AvgIpc) is 2.87. The van der Waals surface area contributed by atoms with Gasteiger partial charge in [0.15, 0.2) is 13.1 Å². The molecule has 0 rings (SSSR count). The standard InChI is InChI=1S/C14H14F20N2O10PS2/c1-35(33,48(39,40)13(29,30)9(19,20)7(15,16)11(23,24)25)3-5-43-45-47(37,38)46-44-6-4-36(2,34)49(41,42)14(31,32)10(21,22)8(17,18)12(26,27)28/h3-6H2,1-2H3/q+1/p+1. The van der Waals surface area contributed by atoms with Crippen LogP contribution in [0.1, 0.15) is 0 Å². The molecule has 0 saturated carbocycles. The van der Waals surface area contributed by atoms with Gasteiger partial charge in [-0.15, -0.1) is 9.35 Å². The molecule has 12 nitrogen and oxygen atoms in total. The molecule has 0 aromatic carbocycles. The number of phosphoric acid groups is 1. The number of sulfonamides is 2. The highest BCUT2D eigenvalue weighted by molar-refractivity contribution is 7.87. The molecule has 0 spiro atoms. The second-order valence-electron chi connectivity index (χ2n) is 8.96. The fourth-order valence-electron chi connectivity index (χ4n) is 2.38. The summed E-state index contributed by atoms with van der Waals surface area (Å²) in [5, 5.41) is -15.1. The van der Waals surface area contributed by atoms with Crippen LogP contribution in [-0.4, -0.2) is 117 Å². The molecular weight excluding hydrogens is 831 g/mol. The van der Waals surface area contributed by atoms with E-state index in [2.05, 4.69) is 19.1 Å². The normalized spacial score (nSPS) is 19.2. The van der Waals surface area contributed by atoms with Gasteiger partial charge >= 0.3 is 74.4 Å². The first-order chi connectivity index (χ1) is 20.9. The van der Waals surface area contributed by atoms with Gasteiger partial charge in [0.25, 0.3) is 0 Å². The van der Waals surface area contributed by atoms with E-state index in [1.807, 2.05) is 0 Å². The van der Waals surface area contributed by atoms with Crippen LogP contribution in [0, 0.1) is 0 Å². The molecule has 0 aromatic rings. The lowest BCUT2D eigenvalue weighted by atomic mass is 10.1. The summed E-state index contributed by atoms with van der Waals surface area (Å²) in [6, 6.07) is 0. The lowest BCUT2D eigenvalue weighted by Gasteiger charge is -2.34.